The summed E-state index contributed by atoms with van der Waals surface area (Å²) in [6, 6.07) is 0. The summed E-state index contributed by atoms with van der Waals surface area (Å²) < 4.78 is 17.0. The lowest BCUT2D eigenvalue weighted by Crippen LogP contribution is -2.30. The molecule has 0 radical (unpaired) electrons. The maximum Gasteiger partial charge on any atom is 0.306 e. The molecule has 0 spiro atoms. The lowest BCUT2D eigenvalue weighted by atomic mass is 10.0. The molecular formula is C70H132O6. The number of carbonyl (C=O) groups excluding carboxylic acids is 3. The van der Waals surface area contributed by atoms with E-state index in [2.05, 4.69) is 45.1 Å². The predicted molar refractivity (Wildman–Crippen MR) is 330 cm³/mol. The highest BCUT2D eigenvalue weighted by Crippen LogP contribution is 2.18. The molecule has 1 atom stereocenters. The normalized spacial score (nSPS) is 12.1. The molecule has 0 saturated heterocycles. The van der Waals surface area contributed by atoms with Crippen LogP contribution in [0.2, 0.25) is 0 Å². The van der Waals surface area contributed by atoms with E-state index in [1.807, 2.05) is 0 Å². The Hall–Kier alpha value is -2.11. The second-order valence-electron chi connectivity index (χ2n) is 23.5. The Morgan fingerprint density at radius 2 is 0.474 bits per heavy atom. The Balaban J connectivity index is 4.25. The van der Waals surface area contributed by atoms with Crippen LogP contribution in [0.5, 0.6) is 0 Å². The van der Waals surface area contributed by atoms with E-state index >= 15 is 0 Å². The molecule has 0 aromatic heterocycles. The fraction of sp³-hybridized carbons (Fsp3) is 0.900. The van der Waals surface area contributed by atoms with Crippen LogP contribution >= 0.6 is 0 Å². The minimum atomic E-state index is -0.767. The highest BCUT2D eigenvalue weighted by molar-refractivity contribution is 5.71. The lowest BCUT2D eigenvalue weighted by Gasteiger charge is -2.18. The topological polar surface area (TPSA) is 78.9 Å². The first-order valence-corrected chi connectivity index (χ1v) is 34.3. The van der Waals surface area contributed by atoms with Crippen LogP contribution < -0.4 is 0 Å². The Bertz CT molecular complexity index is 1230. The summed E-state index contributed by atoms with van der Waals surface area (Å²) in [6.45, 7) is 6.71. The maximum absolute atomic E-state index is 12.9. The van der Waals surface area contributed by atoms with Crippen molar-refractivity contribution in [3.05, 3.63) is 24.3 Å². The van der Waals surface area contributed by atoms with Gasteiger partial charge in [-0.15, -0.1) is 0 Å². The summed E-state index contributed by atoms with van der Waals surface area (Å²) in [4.78, 5) is 38.4. The zero-order valence-corrected chi connectivity index (χ0v) is 51.6. The van der Waals surface area contributed by atoms with Crippen LogP contribution in [0.4, 0.5) is 0 Å². The smallest absolute Gasteiger partial charge is 0.306 e. The van der Waals surface area contributed by atoms with E-state index in [4.69, 9.17) is 14.2 Å². The van der Waals surface area contributed by atoms with E-state index in [-0.39, 0.29) is 31.1 Å². The summed E-state index contributed by atoms with van der Waals surface area (Å²) in [5, 5.41) is 0. The molecular weight excluding hydrogens is 937 g/mol. The second kappa shape index (κ2) is 65.4. The molecule has 6 nitrogen and oxygen atoms in total. The largest absolute Gasteiger partial charge is 0.462 e. The molecule has 448 valence electrons. The van der Waals surface area contributed by atoms with Crippen LogP contribution in [0.1, 0.15) is 387 Å². The van der Waals surface area contributed by atoms with Crippen LogP contribution in [0, 0.1) is 0 Å². The minimum absolute atomic E-state index is 0.0641. The molecule has 0 aliphatic carbocycles. The summed E-state index contributed by atoms with van der Waals surface area (Å²) >= 11 is 0. The molecule has 0 rings (SSSR count). The van der Waals surface area contributed by atoms with E-state index in [1.165, 1.54) is 283 Å². The number of hydrogen-bond donors (Lipinski definition) is 0. The molecule has 0 N–H and O–H groups in total. The van der Waals surface area contributed by atoms with E-state index in [9.17, 15) is 14.4 Å². The van der Waals surface area contributed by atoms with Crippen molar-refractivity contribution in [2.45, 2.75) is 393 Å². The van der Waals surface area contributed by atoms with Crippen molar-refractivity contribution in [2.75, 3.05) is 13.2 Å². The monoisotopic (exact) mass is 1070 g/mol. The molecule has 1 unspecified atom stereocenters. The van der Waals surface area contributed by atoms with Crippen molar-refractivity contribution in [1.29, 1.82) is 0 Å². The van der Waals surface area contributed by atoms with Gasteiger partial charge in [0.1, 0.15) is 13.2 Å². The van der Waals surface area contributed by atoms with Gasteiger partial charge in [-0.2, -0.15) is 0 Å². The SMILES string of the molecule is CCCCCCC/C=C\C/C=C\CCCCCCCCCCCCCCCC(=O)OCC(COC(=O)CCCCCCCCCCCCCCCCC)OC(=O)CCCCCCCCCCCCCCCCCCCC. The van der Waals surface area contributed by atoms with Crippen molar-refractivity contribution in [3.8, 4) is 0 Å². The molecule has 0 bridgehead atoms. The molecule has 0 aliphatic rings. The fourth-order valence-corrected chi connectivity index (χ4v) is 10.5. The molecule has 6 heteroatoms. The van der Waals surface area contributed by atoms with Gasteiger partial charge in [0.25, 0.3) is 0 Å². The van der Waals surface area contributed by atoms with Gasteiger partial charge in [0.15, 0.2) is 6.10 Å². The number of allylic oxidation sites excluding steroid dienone is 4. The van der Waals surface area contributed by atoms with Gasteiger partial charge in [-0.3, -0.25) is 14.4 Å². The van der Waals surface area contributed by atoms with Crippen molar-refractivity contribution in [1.82, 2.24) is 0 Å². The van der Waals surface area contributed by atoms with Crippen LogP contribution in [0.25, 0.3) is 0 Å². The number of carbonyl (C=O) groups is 3. The summed E-state index contributed by atoms with van der Waals surface area (Å²) in [7, 11) is 0. The number of ether oxygens (including phenoxy) is 3. The van der Waals surface area contributed by atoms with Crippen molar-refractivity contribution in [3.63, 3.8) is 0 Å². The van der Waals surface area contributed by atoms with Crippen molar-refractivity contribution >= 4 is 17.9 Å². The standard InChI is InChI=1S/C70H132O6/c1-4-7-10-13-16-19-22-25-28-30-32-33-34-35-36-37-38-40-42-45-48-51-54-57-60-63-69(72)75-66-67(65-74-68(71)62-59-56-53-50-47-44-41-27-24-21-18-15-12-9-6-3)76-70(73)64-61-58-55-52-49-46-43-39-31-29-26-23-20-17-14-11-8-5-2/h22,25,30,32,67H,4-21,23-24,26-29,31,33-66H2,1-3H3/b25-22-,32-30-. The minimum Gasteiger partial charge on any atom is -0.462 e. The third-order valence-corrected chi connectivity index (χ3v) is 15.7. The summed E-state index contributed by atoms with van der Waals surface area (Å²) in [5.41, 5.74) is 0. The average Bonchev–Trinajstić information content (AvgIpc) is 3.42. The Labute approximate surface area is 474 Å². The lowest BCUT2D eigenvalue weighted by molar-refractivity contribution is -0.167. The van der Waals surface area contributed by atoms with Crippen molar-refractivity contribution < 1.29 is 28.6 Å². The quantitative estimate of drug-likeness (QED) is 0.0261. The van der Waals surface area contributed by atoms with Crippen molar-refractivity contribution in [2.24, 2.45) is 0 Å². The first-order chi connectivity index (χ1) is 37.5. The highest BCUT2D eigenvalue weighted by Gasteiger charge is 2.19. The third-order valence-electron chi connectivity index (χ3n) is 15.7. The zero-order chi connectivity index (χ0) is 55.0. The van der Waals surface area contributed by atoms with E-state index in [1.54, 1.807) is 0 Å². The average molecular weight is 1070 g/mol. The first-order valence-electron chi connectivity index (χ1n) is 34.3. The Kier molecular flexibility index (Phi) is 63.6. The van der Waals surface area contributed by atoms with Gasteiger partial charge in [0.05, 0.1) is 0 Å². The van der Waals surface area contributed by atoms with E-state index in [0.29, 0.717) is 19.3 Å². The Morgan fingerprint density at radius 1 is 0.263 bits per heavy atom. The molecule has 0 saturated carbocycles. The highest BCUT2D eigenvalue weighted by atomic mass is 16.6. The molecule has 0 heterocycles. The first kappa shape index (κ1) is 73.9. The molecule has 76 heavy (non-hydrogen) atoms. The van der Waals surface area contributed by atoms with Crippen LogP contribution in [0.15, 0.2) is 24.3 Å². The predicted octanol–water partition coefficient (Wildman–Crippen LogP) is 23.4. The number of esters is 3. The zero-order valence-electron chi connectivity index (χ0n) is 51.6. The molecule has 0 amide bonds. The molecule has 0 aromatic rings. The fourth-order valence-electron chi connectivity index (χ4n) is 10.5. The molecule has 0 fully saturated rings. The van der Waals surface area contributed by atoms with Gasteiger partial charge in [0.2, 0.25) is 0 Å². The van der Waals surface area contributed by atoms with E-state index < -0.39 is 6.10 Å². The van der Waals surface area contributed by atoms with Gasteiger partial charge < -0.3 is 14.2 Å². The number of unbranched alkanes of at least 4 members (excludes halogenated alkanes) is 49. The third kappa shape index (κ3) is 62.7. The molecule has 0 aliphatic heterocycles. The van der Waals surface area contributed by atoms with Gasteiger partial charge >= 0.3 is 17.9 Å². The summed E-state index contributed by atoms with van der Waals surface area (Å²) in [5.74, 6) is -0.832. The van der Waals surface area contributed by atoms with Crippen LogP contribution in [-0.4, -0.2) is 37.2 Å². The van der Waals surface area contributed by atoms with E-state index in [0.717, 1.165) is 64.2 Å². The second-order valence-corrected chi connectivity index (χ2v) is 23.5. The van der Waals surface area contributed by atoms with Gasteiger partial charge in [-0.25, -0.2) is 0 Å². The van der Waals surface area contributed by atoms with Gasteiger partial charge in [0, 0.05) is 19.3 Å². The van der Waals surface area contributed by atoms with Gasteiger partial charge in [-0.1, -0.05) is 340 Å². The number of hydrogen-bond acceptors (Lipinski definition) is 6. The maximum atomic E-state index is 12.9. The van der Waals surface area contributed by atoms with Gasteiger partial charge in [-0.05, 0) is 51.4 Å². The number of rotatable bonds is 64. The van der Waals surface area contributed by atoms with Crippen LogP contribution in [0.3, 0.4) is 0 Å². The summed E-state index contributed by atoms with van der Waals surface area (Å²) in [6.07, 6.45) is 79.1. The molecule has 0 aromatic carbocycles. The van der Waals surface area contributed by atoms with Crippen LogP contribution in [-0.2, 0) is 28.6 Å². The Morgan fingerprint density at radius 3 is 0.724 bits per heavy atom.